The first kappa shape index (κ1) is 10.6. The Kier molecular flexibility index (Phi) is 3.17. The number of aliphatic hydroxyl groups is 1. The number of benzene rings is 1. The fraction of sp³-hybridized carbons (Fsp3) is 0.154. The first-order valence-corrected chi connectivity index (χ1v) is 5.19. The minimum absolute atomic E-state index is 0.484. The zero-order valence-electron chi connectivity index (χ0n) is 8.88. The van der Waals surface area contributed by atoms with Crippen LogP contribution >= 0.6 is 0 Å². The van der Waals surface area contributed by atoms with Crippen molar-refractivity contribution in [2.75, 3.05) is 5.73 Å². The molecule has 1 aromatic carbocycles. The summed E-state index contributed by atoms with van der Waals surface area (Å²) in [4.78, 5) is 3.92. The molecule has 0 bridgehead atoms. The van der Waals surface area contributed by atoms with E-state index in [0.717, 1.165) is 11.1 Å². The summed E-state index contributed by atoms with van der Waals surface area (Å²) < 4.78 is 0. The molecule has 0 fully saturated rings. The maximum Gasteiger partial charge on any atom is 0.123 e. The van der Waals surface area contributed by atoms with Crippen molar-refractivity contribution in [3.8, 4) is 0 Å². The molecule has 0 spiro atoms. The third-order valence-corrected chi connectivity index (χ3v) is 2.46. The van der Waals surface area contributed by atoms with Gasteiger partial charge in [-0.25, -0.2) is 4.98 Å². The Balaban J connectivity index is 2.11. The Bertz CT molecular complexity index is 456. The summed E-state index contributed by atoms with van der Waals surface area (Å²) in [6, 6.07) is 13.2. The Labute approximate surface area is 94.6 Å². The monoisotopic (exact) mass is 214 g/mol. The molecule has 0 aliphatic rings. The number of pyridine rings is 1. The molecule has 16 heavy (non-hydrogen) atoms. The number of anilines is 1. The molecule has 3 nitrogen and oxygen atoms in total. The Morgan fingerprint density at radius 2 is 1.94 bits per heavy atom. The molecule has 0 aliphatic heterocycles. The van der Waals surface area contributed by atoms with E-state index in [0.29, 0.717) is 12.2 Å². The van der Waals surface area contributed by atoms with E-state index in [1.165, 1.54) is 0 Å². The molecule has 82 valence electrons. The molecule has 0 saturated carbocycles. The highest BCUT2D eigenvalue weighted by atomic mass is 16.3. The first-order valence-electron chi connectivity index (χ1n) is 5.19. The van der Waals surface area contributed by atoms with E-state index in [4.69, 9.17) is 5.73 Å². The molecule has 1 heterocycles. The molecule has 3 N–H and O–H groups in total. The van der Waals surface area contributed by atoms with Gasteiger partial charge in [0.25, 0.3) is 0 Å². The number of aromatic nitrogens is 1. The summed E-state index contributed by atoms with van der Waals surface area (Å²) in [5.41, 5.74) is 7.48. The molecule has 3 heteroatoms. The predicted octanol–water partition coefficient (Wildman–Crippen LogP) is 1.94. The van der Waals surface area contributed by atoms with Gasteiger partial charge in [-0.1, -0.05) is 30.3 Å². The molecule has 2 rings (SSSR count). The average Bonchev–Trinajstić information content (AvgIpc) is 2.30. The van der Waals surface area contributed by atoms with Gasteiger partial charge >= 0.3 is 0 Å². The van der Waals surface area contributed by atoms with Crippen LogP contribution in [0.4, 0.5) is 5.82 Å². The van der Waals surface area contributed by atoms with Crippen LogP contribution in [-0.4, -0.2) is 10.1 Å². The van der Waals surface area contributed by atoms with E-state index < -0.39 is 6.10 Å². The van der Waals surface area contributed by atoms with Gasteiger partial charge in [0.15, 0.2) is 0 Å². The van der Waals surface area contributed by atoms with Gasteiger partial charge in [-0.15, -0.1) is 0 Å². The maximum atomic E-state index is 10.0. The minimum atomic E-state index is -0.497. The van der Waals surface area contributed by atoms with Crippen molar-refractivity contribution in [3.05, 3.63) is 59.8 Å². The fourth-order valence-electron chi connectivity index (χ4n) is 1.64. The van der Waals surface area contributed by atoms with Crippen LogP contribution in [0.25, 0.3) is 0 Å². The number of nitrogens with two attached hydrogens (primary N) is 1. The highest BCUT2D eigenvalue weighted by molar-refractivity contribution is 5.32. The van der Waals surface area contributed by atoms with Crippen molar-refractivity contribution in [3.63, 3.8) is 0 Å². The molecule has 0 aliphatic carbocycles. The van der Waals surface area contributed by atoms with Gasteiger partial charge in [-0.3, -0.25) is 0 Å². The van der Waals surface area contributed by atoms with Crippen LogP contribution in [0.2, 0.25) is 0 Å². The second-order valence-corrected chi connectivity index (χ2v) is 3.72. The number of nitrogen functional groups attached to an aromatic ring is 1. The van der Waals surface area contributed by atoms with E-state index in [1.54, 1.807) is 12.3 Å². The smallest absolute Gasteiger partial charge is 0.123 e. The quantitative estimate of drug-likeness (QED) is 0.820. The maximum absolute atomic E-state index is 10.0. The van der Waals surface area contributed by atoms with Crippen LogP contribution in [0.3, 0.4) is 0 Å². The van der Waals surface area contributed by atoms with E-state index in [1.807, 2.05) is 36.4 Å². The summed E-state index contributed by atoms with van der Waals surface area (Å²) in [7, 11) is 0. The van der Waals surface area contributed by atoms with Crippen LogP contribution < -0.4 is 5.73 Å². The van der Waals surface area contributed by atoms with Crippen LogP contribution in [0.15, 0.2) is 48.7 Å². The van der Waals surface area contributed by atoms with Crippen LogP contribution in [0.5, 0.6) is 0 Å². The van der Waals surface area contributed by atoms with Crippen molar-refractivity contribution in [1.29, 1.82) is 0 Å². The van der Waals surface area contributed by atoms with Gasteiger partial charge in [0.1, 0.15) is 5.82 Å². The largest absolute Gasteiger partial charge is 0.388 e. The van der Waals surface area contributed by atoms with Gasteiger partial charge < -0.3 is 10.8 Å². The lowest BCUT2D eigenvalue weighted by atomic mass is 10.0. The first-order chi connectivity index (χ1) is 7.75. The lowest BCUT2D eigenvalue weighted by molar-refractivity contribution is 0.178. The molecule has 1 aromatic heterocycles. The molecule has 1 atom stereocenters. The predicted molar refractivity (Wildman–Crippen MR) is 63.8 cm³/mol. The summed E-state index contributed by atoms with van der Waals surface area (Å²) in [6.07, 6.45) is 1.71. The zero-order chi connectivity index (χ0) is 11.4. The van der Waals surface area contributed by atoms with Crippen molar-refractivity contribution in [2.24, 2.45) is 0 Å². The number of rotatable bonds is 3. The molecule has 0 saturated heterocycles. The zero-order valence-corrected chi connectivity index (χ0v) is 8.88. The number of aliphatic hydroxyl groups excluding tert-OH is 1. The third-order valence-electron chi connectivity index (χ3n) is 2.46. The van der Waals surface area contributed by atoms with Crippen molar-refractivity contribution >= 4 is 5.82 Å². The van der Waals surface area contributed by atoms with Gasteiger partial charge in [0.05, 0.1) is 6.10 Å². The van der Waals surface area contributed by atoms with E-state index in [2.05, 4.69) is 4.98 Å². The Morgan fingerprint density at radius 1 is 1.19 bits per heavy atom. The van der Waals surface area contributed by atoms with Gasteiger partial charge in [-0.2, -0.15) is 0 Å². The molecule has 1 unspecified atom stereocenters. The van der Waals surface area contributed by atoms with Crippen molar-refractivity contribution < 1.29 is 5.11 Å². The molecule has 0 radical (unpaired) electrons. The normalized spacial score (nSPS) is 12.3. The fourth-order valence-corrected chi connectivity index (χ4v) is 1.64. The standard InChI is InChI=1S/C13H14N2O/c14-13-9-10(6-7-15-13)8-12(16)11-4-2-1-3-5-11/h1-7,9,12,16H,8H2,(H2,14,15). The highest BCUT2D eigenvalue weighted by Gasteiger charge is 2.07. The second kappa shape index (κ2) is 4.77. The molecule has 2 aromatic rings. The number of nitrogens with zero attached hydrogens (tertiary/aromatic N) is 1. The minimum Gasteiger partial charge on any atom is -0.388 e. The van der Waals surface area contributed by atoms with Gasteiger partial charge in [0.2, 0.25) is 0 Å². The van der Waals surface area contributed by atoms with E-state index in [-0.39, 0.29) is 0 Å². The molecular formula is C13H14N2O. The van der Waals surface area contributed by atoms with Crippen molar-refractivity contribution in [2.45, 2.75) is 12.5 Å². The van der Waals surface area contributed by atoms with Gasteiger partial charge in [0, 0.05) is 12.6 Å². The average molecular weight is 214 g/mol. The SMILES string of the molecule is Nc1cc(CC(O)c2ccccc2)ccn1. The lowest BCUT2D eigenvalue weighted by Crippen LogP contribution is -2.02. The van der Waals surface area contributed by atoms with Crippen LogP contribution in [0, 0.1) is 0 Å². The Morgan fingerprint density at radius 3 is 2.62 bits per heavy atom. The number of hydrogen-bond acceptors (Lipinski definition) is 3. The van der Waals surface area contributed by atoms with Crippen LogP contribution in [0.1, 0.15) is 17.2 Å². The molecular weight excluding hydrogens is 200 g/mol. The van der Waals surface area contributed by atoms with E-state index in [9.17, 15) is 5.11 Å². The summed E-state index contributed by atoms with van der Waals surface area (Å²) >= 11 is 0. The van der Waals surface area contributed by atoms with E-state index >= 15 is 0 Å². The third kappa shape index (κ3) is 2.58. The summed E-state index contributed by atoms with van der Waals surface area (Å²) in [5.74, 6) is 0.484. The highest BCUT2D eigenvalue weighted by Crippen LogP contribution is 2.18. The Hall–Kier alpha value is -1.87. The van der Waals surface area contributed by atoms with Crippen molar-refractivity contribution in [1.82, 2.24) is 4.98 Å². The lowest BCUT2D eigenvalue weighted by Gasteiger charge is -2.10. The molecule has 0 amide bonds. The topological polar surface area (TPSA) is 59.1 Å². The second-order valence-electron chi connectivity index (χ2n) is 3.72. The summed E-state index contributed by atoms with van der Waals surface area (Å²) in [5, 5.41) is 10.0. The number of hydrogen-bond donors (Lipinski definition) is 2. The van der Waals surface area contributed by atoms with Gasteiger partial charge in [-0.05, 0) is 23.3 Å². The van der Waals surface area contributed by atoms with Crippen LogP contribution in [-0.2, 0) is 6.42 Å². The summed E-state index contributed by atoms with van der Waals surface area (Å²) in [6.45, 7) is 0.